The van der Waals surface area contributed by atoms with Gasteiger partial charge >= 0.3 is 0 Å². The first-order chi connectivity index (χ1) is 10.0. The van der Waals surface area contributed by atoms with Crippen molar-refractivity contribution in [1.29, 1.82) is 0 Å². The quantitative estimate of drug-likeness (QED) is 0.737. The van der Waals surface area contributed by atoms with Crippen LogP contribution in [0.4, 0.5) is 0 Å². The lowest BCUT2D eigenvalue weighted by molar-refractivity contribution is -0.116. The first kappa shape index (κ1) is 14.0. The maximum atomic E-state index is 11.7. The Morgan fingerprint density at radius 3 is 2.81 bits per heavy atom. The molecule has 0 heterocycles. The molecule has 0 saturated heterocycles. The van der Waals surface area contributed by atoms with Gasteiger partial charge in [-0.15, -0.1) is 0 Å². The molecular weight excluding hydrogens is 260 g/mol. The van der Waals surface area contributed by atoms with Crippen molar-refractivity contribution in [2.24, 2.45) is 35.0 Å². The Kier molecular flexibility index (Phi) is 3.12. The van der Waals surface area contributed by atoms with Crippen molar-refractivity contribution in [2.75, 3.05) is 0 Å². The van der Waals surface area contributed by atoms with Crippen molar-refractivity contribution in [3.63, 3.8) is 0 Å². The molecule has 0 amide bonds. The molecule has 1 N–H and O–H groups in total. The second kappa shape index (κ2) is 4.68. The van der Waals surface area contributed by atoms with Crippen LogP contribution in [0.5, 0.6) is 0 Å². The highest BCUT2D eigenvalue weighted by Gasteiger charge is 2.57. The Labute approximate surface area is 128 Å². The van der Waals surface area contributed by atoms with Crippen LogP contribution in [-0.2, 0) is 4.79 Å². The van der Waals surface area contributed by atoms with Gasteiger partial charge in [0.2, 0.25) is 0 Å². The summed E-state index contributed by atoms with van der Waals surface area (Å²) in [6.07, 6.45) is 9.77. The van der Waals surface area contributed by atoms with Crippen molar-refractivity contribution in [1.82, 2.24) is 0 Å². The SMILES string of the molecule is C[C@@H]1C[C@H]2[C@@H]3CCC4=CC(=O)CCC4[C@H]3CC[C@]2(C)[C@@H]1O. The fourth-order valence-electron chi connectivity index (χ4n) is 6.52. The van der Waals surface area contributed by atoms with Gasteiger partial charge in [-0.25, -0.2) is 0 Å². The molecule has 21 heavy (non-hydrogen) atoms. The first-order valence-electron chi connectivity index (χ1n) is 8.92. The van der Waals surface area contributed by atoms with Crippen molar-refractivity contribution in [2.45, 2.75) is 64.9 Å². The number of hydrogen-bond donors (Lipinski definition) is 1. The summed E-state index contributed by atoms with van der Waals surface area (Å²) in [6, 6.07) is 0. The molecule has 2 nitrogen and oxygen atoms in total. The summed E-state index contributed by atoms with van der Waals surface area (Å²) in [6.45, 7) is 4.58. The molecule has 0 aromatic carbocycles. The highest BCUT2D eigenvalue weighted by atomic mass is 16.3. The Bertz CT molecular complexity index is 494. The van der Waals surface area contributed by atoms with Crippen molar-refractivity contribution >= 4 is 5.78 Å². The van der Waals surface area contributed by atoms with Crippen LogP contribution in [0.2, 0.25) is 0 Å². The minimum atomic E-state index is -0.103. The van der Waals surface area contributed by atoms with Gasteiger partial charge < -0.3 is 5.11 Å². The van der Waals surface area contributed by atoms with Crippen LogP contribution in [0, 0.1) is 35.0 Å². The maximum absolute atomic E-state index is 11.7. The molecule has 0 spiro atoms. The Balaban J connectivity index is 1.64. The summed E-state index contributed by atoms with van der Waals surface area (Å²) in [4.78, 5) is 11.7. The van der Waals surface area contributed by atoms with E-state index in [1.807, 2.05) is 6.08 Å². The summed E-state index contributed by atoms with van der Waals surface area (Å²) in [5, 5.41) is 10.7. The zero-order chi connectivity index (χ0) is 14.8. The number of allylic oxidation sites excluding steroid dienone is 1. The number of fused-ring (bicyclic) bond motifs is 5. The van der Waals surface area contributed by atoms with E-state index in [1.54, 1.807) is 0 Å². The molecular formula is C19H28O2. The van der Waals surface area contributed by atoms with Gasteiger partial charge in [0, 0.05) is 6.42 Å². The number of rotatable bonds is 0. The summed E-state index contributed by atoms with van der Waals surface area (Å²) in [5.74, 6) is 3.78. The van der Waals surface area contributed by atoms with E-state index in [4.69, 9.17) is 0 Å². The van der Waals surface area contributed by atoms with Crippen LogP contribution in [0.1, 0.15) is 58.8 Å². The predicted octanol–water partition coefficient (Wildman–Crippen LogP) is 3.74. The lowest BCUT2D eigenvalue weighted by Crippen LogP contribution is -2.47. The minimum absolute atomic E-state index is 0.103. The van der Waals surface area contributed by atoms with Gasteiger partial charge in [0.15, 0.2) is 5.78 Å². The average molecular weight is 288 g/mol. The summed E-state index contributed by atoms with van der Waals surface area (Å²) in [7, 11) is 0. The smallest absolute Gasteiger partial charge is 0.155 e. The number of aliphatic hydroxyl groups is 1. The minimum Gasteiger partial charge on any atom is -0.392 e. The van der Waals surface area contributed by atoms with Crippen LogP contribution >= 0.6 is 0 Å². The van der Waals surface area contributed by atoms with Crippen LogP contribution in [0.25, 0.3) is 0 Å². The summed E-state index contributed by atoms with van der Waals surface area (Å²) < 4.78 is 0. The maximum Gasteiger partial charge on any atom is 0.155 e. The molecule has 3 saturated carbocycles. The van der Waals surface area contributed by atoms with Crippen molar-refractivity contribution in [3.8, 4) is 0 Å². The number of aliphatic hydroxyl groups excluding tert-OH is 1. The highest BCUT2D eigenvalue weighted by molar-refractivity contribution is 5.91. The van der Waals surface area contributed by atoms with E-state index >= 15 is 0 Å². The van der Waals surface area contributed by atoms with E-state index < -0.39 is 0 Å². The first-order valence-corrected chi connectivity index (χ1v) is 8.92. The van der Waals surface area contributed by atoms with Crippen LogP contribution in [-0.4, -0.2) is 17.0 Å². The monoisotopic (exact) mass is 288 g/mol. The fraction of sp³-hybridized carbons (Fsp3) is 0.842. The Morgan fingerprint density at radius 2 is 2.00 bits per heavy atom. The predicted molar refractivity (Wildman–Crippen MR) is 82.6 cm³/mol. The molecule has 0 bridgehead atoms. The van der Waals surface area contributed by atoms with Crippen molar-refractivity contribution in [3.05, 3.63) is 11.6 Å². The number of carbonyl (C=O) groups is 1. The molecule has 4 aliphatic rings. The standard InChI is InChI=1S/C19H28O2/c1-11-9-17-16-5-3-12-10-13(20)4-6-14(12)15(16)7-8-19(17,2)18(11)21/h10-11,14-18,21H,3-9H2,1-2H3/t11-,14?,15-,16-,17+,18-,19+/m1/s1. The van der Waals surface area contributed by atoms with E-state index in [0.29, 0.717) is 23.5 Å². The fourth-order valence-corrected chi connectivity index (χ4v) is 6.52. The van der Waals surface area contributed by atoms with Gasteiger partial charge in [0.05, 0.1) is 6.10 Å². The van der Waals surface area contributed by atoms with Gasteiger partial charge in [-0.2, -0.15) is 0 Å². The molecule has 4 aliphatic carbocycles. The van der Waals surface area contributed by atoms with Crippen LogP contribution in [0.15, 0.2) is 11.6 Å². The van der Waals surface area contributed by atoms with E-state index in [9.17, 15) is 9.90 Å². The Hall–Kier alpha value is -0.630. The van der Waals surface area contributed by atoms with Gasteiger partial charge in [-0.05, 0) is 79.6 Å². The molecule has 2 heteroatoms. The van der Waals surface area contributed by atoms with Gasteiger partial charge in [-0.1, -0.05) is 19.4 Å². The Morgan fingerprint density at radius 1 is 1.19 bits per heavy atom. The average Bonchev–Trinajstić information content (AvgIpc) is 2.70. The van der Waals surface area contributed by atoms with Gasteiger partial charge in [-0.3, -0.25) is 4.79 Å². The van der Waals surface area contributed by atoms with Crippen molar-refractivity contribution < 1.29 is 9.90 Å². The lowest BCUT2D eigenvalue weighted by atomic mass is 9.52. The molecule has 0 aromatic heterocycles. The van der Waals surface area contributed by atoms with Gasteiger partial charge in [0.1, 0.15) is 0 Å². The number of ketones is 1. The third-order valence-electron chi connectivity index (χ3n) is 7.58. The molecule has 4 rings (SSSR count). The van der Waals surface area contributed by atoms with Crippen LogP contribution in [0.3, 0.4) is 0 Å². The topological polar surface area (TPSA) is 37.3 Å². The largest absolute Gasteiger partial charge is 0.392 e. The summed E-state index contributed by atoms with van der Waals surface area (Å²) in [5.41, 5.74) is 1.62. The zero-order valence-electron chi connectivity index (χ0n) is 13.3. The molecule has 3 fully saturated rings. The lowest BCUT2D eigenvalue weighted by Gasteiger charge is -2.53. The molecule has 7 atom stereocenters. The van der Waals surface area contributed by atoms with E-state index in [-0.39, 0.29) is 11.5 Å². The van der Waals surface area contributed by atoms with E-state index in [2.05, 4.69) is 13.8 Å². The number of carbonyl (C=O) groups excluding carboxylic acids is 1. The van der Waals surface area contributed by atoms with Gasteiger partial charge in [0.25, 0.3) is 0 Å². The van der Waals surface area contributed by atoms with Crippen LogP contribution < -0.4 is 0 Å². The molecule has 0 aromatic rings. The highest BCUT2D eigenvalue weighted by Crippen LogP contribution is 2.62. The third-order valence-corrected chi connectivity index (χ3v) is 7.58. The normalized spacial score (nSPS) is 52.7. The number of hydrogen-bond acceptors (Lipinski definition) is 2. The second-order valence-electron chi connectivity index (χ2n) is 8.51. The molecule has 116 valence electrons. The molecule has 0 radical (unpaired) electrons. The summed E-state index contributed by atoms with van der Waals surface area (Å²) >= 11 is 0. The molecule has 0 aliphatic heterocycles. The second-order valence-corrected chi connectivity index (χ2v) is 8.51. The van der Waals surface area contributed by atoms with E-state index in [1.165, 1.54) is 31.3 Å². The zero-order valence-corrected chi connectivity index (χ0v) is 13.3. The third kappa shape index (κ3) is 1.91. The molecule has 1 unspecified atom stereocenters. The van der Waals surface area contributed by atoms with E-state index in [0.717, 1.165) is 31.1 Å².